The summed E-state index contributed by atoms with van der Waals surface area (Å²) >= 11 is 3.49. The molecule has 0 N–H and O–H groups in total. The van der Waals surface area contributed by atoms with Crippen molar-refractivity contribution in [2.75, 3.05) is 40.3 Å². The maximum absolute atomic E-state index is 12.8. The van der Waals surface area contributed by atoms with Crippen molar-refractivity contribution in [3.8, 4) is 0 Å². The third-order valence-corrected chi connectivity index (χ3v) is 5.21. The van der Waals surface area contributed by atoms with E-state index in [4.69, 9.17) is 0 Å². The molecule has 1 aromatic carbocycles. The minimum absolute atomic E-state index is 0.129. The van der Waals surface area contributed by atoms with E-state index in [0.717, 1.165) is 36.2 Å². The van der Waals surface area contributed by atoms with Crippen molar-refractivity contribution in [3.63, 3.8) is 0 Å². The third kappa shape index (κ3) is 4.78. The molecule has 1 fully saturated rings. The Morgan fingerprint density at radius 1 is 1.22 bits per heavy atom. The van der Waals surface area contributed by atoms with Crippen LogP contribution in [0.3, 0.4) is 0 Å². The molecule has 23 heavy (non-hydrogen) atoms. The number of hydrogen-bond acceptors (Lipinski definition) is 3. The number of nitrogens with zero attached hydrogens (tertiary/aromatic N) is 3. The zero-order valence-electron chi connectivity index (χ0n) is 14.6. The van der Waals surface area contributed by atoms with Crippen LogP contribution in [0, 0.1) is 0 Å². The highest BCUT2D eigenvalue weighted by atomic mass is 79.9. The molecule has 0 saturated carbocycles. The first kappa shape index (κ1) is 18.4. The summed E-state index contributed by atoms with van der Waals surface area (Å²) in [6, 6.07) is 8.47. The molecule has 4 nitrogen and oxygen atoms in total. The van der Waals surface area contributed by atoms with Crippen LogP contribution in [0.2, 0.25) is 0 Å². The second kappa shape index (κ2) is 8.27. The van der Waals surface area contributed by atoms with E-state index >= 15 is 0 Å². The van der Waals surface area contributed by atoms with Crippen molar-refractivity contribution < 1.29 is 4.79 Å². The Kier molecular flexibility index (Phi) is 6.62. The first-order valence-electron chi connectivity index (χ1n) is 8.34. The topological polar surface area (TPSA) is 26.8 Å². The standard InChI is InChI=1S/C18H28BrN3O/c1-14-12-21(18(23)16-8-5-6-9-17(16)19)13-15(2)22(14)11-7-10-20(3)4/h5-6,8-9,14-15H,7,10-13H2,1-4H3. The summed E-state index contributed by atoms with van der Waals surface area (Å²) < 4.78 is 0.874. The molecular weight excluding hydrogens is 354 g/mol. The zero-order valence-corrected chi connectivity index (χ0v) is 16.2. The van der Waals surface area contributed by atoms with Crippen molar-refractivity contribution >= 4 is 21.8 Å². The van der Waals surface area contributed by atoms with E-state index < -0.39 is 0 Å². The number of benzene rings is 1. The summed E-state index contributed by atoms with van der Waals surface area (Å²) in [5, 5.41) is 0. The SMILES string of the molecule is CC1CN(C(=O)c2ccccc2Br)CC(C)N1CCCN(C)C. The zero-order chi connectivity index (χ0) is 17.0. The first-order chi connectivity index (χ1) is 10.9. The van der Waals surface area contributed by atoms with E-state index in [1.165, 1.54) is 6.42 Å². The minimum atomic E-state index is 0.129. The molecule has 1 aliphatic rings. The van der Waals surface area contributed by atoms with Gasteiger partial charge in [-0.25, -0.2) is 0 Å². The quantitative estimate of drug-likeness (QED) is 0.784. The molecule has 0 aromatic heterocycles. The molecule has 2 atom stereocenters. The lowest BCUT2D eigenvalue weighted by Crippen LogP contribution is -2.58. The van der Waals surface area contributed by atoms with E-state index in [0.29, 0.717) is 12.1 Å². The lowest BCUT2D eigenvalue weighted by Gasteiger charge is -2.44. The van der Waals surface area contributed by atoms with Crippen molar-refractivity contribution in [3.05, 3.63) is 34.3 Å². The van der Waals surface area contributed by atoms with Gasteiger partial charge in [0.15, 0.2) is 0 Å². The van der Waals surface area contributed by atoms with Gasteiger partial charge >= 0.3 is 0 Å². The minimum Gasteiger partial charge on any atom is -0.335 e. The van der Waals surface area contributed by atoms with E-state index in [-0.39, 0.29) is 5.91 Å². The number of halogens is 1. The molecule has 5 heteroatoms. The average molecular weight is 382 g/mol. The summed E-state index contributed by atoms with van der Waals surface area (Å²) in [7, 11) is 4.22. The molecule has 1 aromatic rings. The average Bonchev–Trinajstić information content (AvgIpc) is 2.49. The lowest BCUT2D eigenvalue weighted by molar-refractivity contribution is 0.0294. The maximum atomic E-state index is 12.8. The fourth-order valence-corrected chi connectivity index (χ4v) is 3.79. The number of carbonyl (C=O) groups is 1. The van der Waals surface area contributed by atoms with E-state index in [9.17, 15) is 4.79 Å². The van der Waals surface area contributed by atoms with E-state index in [1.54, 1.807) is 0 Å². The van der Waals surface area contributed by atoms with Crippen LogP contribution < -0.4 is 0 Å². The van der Waals surface area contributed by atoms with Crippen molar-refractivity contribution in [1.29, 1.82) is 0 Å². The molecule has 2 unspecified atom stereocenters. The summed E-state index contributed by atoms with van der Waals surface area (Å²) in [6.07, 6.45) is 1.17. The third-order valence-electron chi connectivity index (χ3n) is 4.51. The monoisotopic (exact) mass is 381 g/mol. The second-order valence-corrected chi connectivity index (χ2v) is 7.64. The van der Waals surface area contributed by atoms with Gasteiger partial charge in [0.05, 0.1) is 5.56 Å². The van der Waals surface area contributed by atoms with Gasteiger partial charge in [-0.05, 0) is 69.0 Å². The van der Waals surface area contributed by atoms with Gasteiger partial charge in [-0.3, -0.25) is 9.69 Å². The van der Waals surface area contributed by atoms with Crippen LogP contribution in [0.4, 0.5) is 0 Å². The highest BCUT2D eigenvalue weighted by molar-refractivity contribution is 9.10. The maximum Gasteiger partial charge on any atom is 0.255 e. The largest absolute Gasteiger partial charge is 0.335 e. The van der Waals surface area contributed by atoms with Gasteiger partial charge in [-0.15, -0.1) is 0 Å². The predicted octanol–water partition coefficient (Wildman–Crippen LogP) is 2.94. The number of amides is 1. The predicted molar refractivity (Wildman–Crippen MR) is 98.8 cm³/mol. The molecule has 0 radical (unpaired) electrons. The summed E-state index contributed by atoms with van der Waals surface area (Å²) in [5.74, 6) is 0.129. The van der Waals surface area contributed by atoms with Gasteiger partial charge in [-0.2, -0.15) is 0 Å². The summed E-state index contributed by atoms with van der Waals surface area (Å²) in [5.41, 5.74) is 0.757. The fraction of sp³-hybridized carbons (Fsp3) is 0.611. The van der Waals surface area contributed by atoms with Crippen molar-refractivity contribution in [1.82, 2.24) is 14.7 Å². The fourth-order valence-electron chi connectivity index (χ4n) is 3.34. The Bertz CT molecular complexity index is 523. The lowest BCUT2D eigenvalue weighted by atomic mass is 10.1. The van der Waals surface area contributed by atoms with Crippen LogP contribution in [-0.4, -0.2) is 73.0 Å². The van der Waals surface area contributed by atoms with Gasteiger partial charge in [-0.1, -0.05) is 12.1 Å². The number of piperazine rings is 1. The number of carbonyl (C=O) groups excluding carboxylic acids is 1. The van der Waals surface area contributed by atoms with Crippen molar-refractivity contribution in [2.45, 2.75) is 32.4 Å². The Hall–Kier alpha value is -0.910. The molecular formula is C18H28BrN3O. The Morgan fingerprint density at radius 2 is 1.83 bits per heavy atom. The Morgan fingerprint density at radius 3 is 2.39 bits per heavy atom. The molecule has 1 heterocycles. The highest BCUT2D eigenvalue weighted by Crippen LogP contribution is 2.22. The van der Waals surface area contributed by atoms with Gasteiger partial charge in [0.1, 0.15) is 0 Å². The smallest absolute Gasteiger partial charge is 0.255 e. The van der Waals surface area contributed by atoms with Crippen LogP contribution in [0.1, 0.15) is 30.6 Å². The van der Waals surface area contributed by atoms with Gasteiger partial charge in [0.25, 0.3) is 5.91 Å². The number of rotatable bonds is 5. The normalized spacial score (nSPS) is 22.6. The molecule has 1 amide bonds. The van der Waals surface area contributed by atoms with Crippen LogP contribution in [0.15, 0.2) is 28.7 Å². The van der Waals surface area contributed by atoms with Crippen molar-refractivity contribution in [2.24, 2.45) is 0 Å². The Labute approximate surface area is 148 Å². The molecule has 0 bridgehead atoms. The molecule has 1 aliphatic heterocycles. The van der Waals surface area contributed by atoms with Crippen LogP contribution in [0.25, 0.3) is 0 Å². The highest BCUT2D eigenvalue weighted by Gasteiger charge is 2.32. The number of hydrogen-bond donors (Lipinski definition) is 0. The van der Waals surface area contributed by atoms with Gasteiger partial charge in [0.2, 0.25) is 0 Å². The van der Waals surface area contributed by atoms with E-state index in [1.807, 2.05) is 29.2 Å². The van der Waals surface area contributed by atoms with Crippen LogP contribution >= 0.6 is 15.9 Å². The molecule has 0 aliphatic carbocycles. The Balaban J connectivity index is 1.98. The molecule has 1 saturated heterocycles. The van der Waals surface area contributed by atoms with E-state index in [2.05, 4.69) is 53.7 Å². The van der Waals surface area contributed by atoms with Gasteiger partial charge in [0, 0.05) is 36.2 Å². The van der Waals surface area contributed by atoms with Crippen LogP contribution in [-0.2, 0) is 0 Å². The molecule has 128 valence electrons. The summed E-state index contributed by atoms with van der Waals surface area (Å²) in [6.45, 7) is 8.25. The van der Waals surface area contributed by atoms with Crippen LogP contribution in [0.5, 0.6) is 0 Å². The molecule has 0 spiro atoms. The first-order valence-corrected chi connectivity index (χ1v) is 9.13. The van der Waals surface area contributed by atoms with Gasteiger partial charge < -0.3 is 9.80 Å². The summed E-state index contributed by atoms with van der Waals surface area (Å²) in [4.78, 5) is 19.5. The second-order valence-electron chi connectivity index (χ2n) is 6.78. The molecule has 2 rings (SSSR count).